The fraction of sp³-hybridized carbons (Fsp3) is 0.455. The van der Waals surface area contributed by atoms with Crippen molar-refractivity contribution in [2.45, 2.75) is 11.9 Å². The van der Waals surface area contributed by atoms with Crippen LogP contribution in [0.3, 0.4) is 0 Å². The smallest absolute Gasteiger partial charge is 0.119 e. The van der Waals surface area contributed by atoms with Gasteiger partial charge in [-0.1, -0.05) is 6.07 Å². The highest BCUT2D eigenvalue weighted by Crippen LogP contribution is 2.33. The van der Waals surface area contributed by atoms with Gasteiger partial charge in [0.05, 0.1) is 7.11 Å². The van der Waals surface area contributed by atoms with Gasteiger partial charge in [0.1, 0.15) is 11.3 Å². The number of benzene rings is 1. The second-order valence-corrected chi connectivity index (χ2v) is 4.04. The number of methoxy groups -OCH3 is 1. The maximum Gasteiger partial charge on any atom is 0.119 e. The van der Waals surface area contributed by atoms with Gasteiger partial charge >= 0.3 is 0 Å². The summed E-state index contributed by atoms with van der Waals surface area (Å²) in [6.07, 6.45) is 1.05. The quantitative estimate of drug-likeness (QED) is 0.523. The number of ether oxygens (including phenoxy) is 1. The Labute approximate surface area is 89.4 Å². The fourth-order valence-electron chi connectivity index (χ4n) is 1.81. The number of halogens is 1. The van der Waals surface area contributed by atoms with Crippen molar-refractivity contribution in [1.82, 2.24) is 4.90 Å². The van der Waals surface area contributed by atoms with Crippen molar-refractivity contribution in [3.63, 3.8) is 0 Å². The van der Waals surface area contributed by atoms with Gasteiger partial charge in [0.2, 0.25) is 0 Å². The number of fused-ring (bicyclic) bond motifs is 1. The van der Waals surface area contributed by atoms with E-state index in [-0.39, 0.29) is 5.50 Å². The summed E-state index contributed by atoms with van der Waals surface area (Å²) in [7, 11) is 3.74. The Hall–Kier alpha value is -0.730. The third-order valence-electron chi connectivity index (χ3n) is 2.73. The van der Waals surface area contributed by atoms with Crippen LogP contribution in [0.4, 0.5) is 0 Å². The maximum absolute atomic E-state index is 6.28. The van der Waals surface area contributed by atoms with E-state index in [4.69, 9.17) is 16.3 Å². The highest BCUT2D eigenvalue weighted by atomic mass is 35.5. The normalized spacial score (nSPS) is 21.8. The van der Waals surface area contributed by atoms with Gasteiger partial charge in [0.15, 0.2) is 0 Å². The van der Waals surface area contributed by atoms with Gasteiger partial charge in [-0.05, 0) is 36.7 Å². The lowest BCUT2D eigenvalue weighted by molar-refractivity contribution is 0.297. The molecule has 1 aliphatic rings. The summed E-state index contributed by atoms with van der Waals surface area (Å²) >= 11 is 6.28. The summed E-state index contributed by atoms with van der Waals surface area (Å²) in [5.41, 5.74) is 2.52. The zero-order valence-corrected chi connectivity index (χ0v) is 9.21. The fourth-order valence-corrected chi connectivity index (χ4v) is 2.12. The summed E-state index contributed by atoms with van der Waals surface area (Å²) < 4.78 is 5.19. The van der Waals surface area contributed by atoms with Gasteiger partial charge in [-0.2, -0.15) is 0 Å². The molecule has 2 rings (SSSR count). The van der Waals surface area contributed by atoms with Gasteiger partial charge < -0.3 is 4.74 Å². The van der Waals surface area contributed by atoms with Crippen LogP contribution in [0.5, 0.6) is 5.75 Å². The molecule has 1 aromatic carbocycles. The summed E-state index contributed by atoms with van der Waals surface area (Å²) in [6, 6.07) is 6.10. The van der Waals surface area contributed by atoms with E-state index >= 15 is 0 Å². The van der Waals surface area contributed by atoms with Gasteiger partial charge in [0.25, 0.3) is 0 Å². The van der Waals surface area contributed by atoms with Gasteiger partial charge in [-0.15, -0.1) is 11.6 Å². The van der Waals surface area contributed by atoms with E-state index in [0.29, 0.717) is 0 Å². The van der Waals surface area contributed by atoms with Gasteiger partial charge in [-0.25, -0.2) is 0 Å². The zero-order valence-electron chi connectivity index (χ0n) is 8.46. The molecule has 0 spiro atoms. The van der Waals surface area contributed by atoms with Crippen LogP contribution in [0.1, 0.15) is 16.6 Å². The molecule has 1 aliphatic heterocycles. The summed E-state index contributed by atoms with van der Waals surface area (Å²) in [5, 5.41) is 0. The maximum atomic E-state index is 6.28. The Morgan fingerprint density at radius 1 is 1.50 bits per heavy atom. The van der Waals surface area contributed by atoms with E-state index in [1.807, 2.05) is 13.1 Å². The lowest BCUT2D eigenvalue weighted by Crippen LogP contribution is -2.28. The number of hydrogen-bond acceptors (Lipinski definition) is 2. The predicted octanol–water partition coefficient (Wildman–Crippen LogP) is 2.42. The largest absolute Gasteiger partial charge is 0.497 e. The van der Waals surface area contributed by atoms with Gasteiger partial charge in [0, 0.05) is 6.54 Å². The highest BCUT2D eigenvalue weighted by Gasteiger charge is 2.22. The summed E-state index contributed by atoms with van der Waals surface area (Å²) in [4.78, 5) is 2.15. The monoisotopic (exact) mass is 211 g/mol. The molecule has 0 aliphatic carbocycles. The Morgan fingerprint density at radius 2 is 2.29 bits per heavy atom. The lowest BCUT2D eigenvalue weighted by atomic mass is 10.00. The highest BCUT2D eigenvalue weighted by molar-refractivity contribution is 6.20. The van der Waals surface area contributed by atoms with Crippen molar-refractivity contribution >= 4 is 11.6 Å². The Morgan fingerprint density at radius 3 is 3.00 bits per heavy atom. The SMILES string of the molecule is COc1ccc2c(c1)CCN(C)C2Cl. The molecule has 1 unspecified atom stereocenters. The first-order chi connectivity index (χ1) is 6.72. The third-order valence-corrected chi connectivity index (χ3v) is 3.30. The van der Waals surface area contributed by atoms with E-state index in [9.17, 15) is 0 Å². The van der Waals surface area contributed by atoms with E-state index in [1.165, 1.54) is 11.1 Å². The van der Waals surface area contributed by atoms with Crippen LogP contribution in [0.2, 0.25) is 0 Å². The molecule has 1 atom stereocenters. The molecule has 2 nitrogen and oxygen atoms in total. The lowest BCUT2D eigenvalue weighted by Gasteiger charge is -2.30. The first kappa shape index (κ1) is 9.81. The third kappa shape index (κ3) is 1.60. The van der Waals surface area contributed by atoms with Crippen LogP contribution in [-0.4, -0.2) is 25.6 Å². The van der Waals surface area contributed by atoms with Crippen molar-refractivity contribution < 1.29 is 4.74 Å². The molecule has 14 heavy (non-hydrogen) atoms. The minimum atomic E-state index is 0.00431. The molecule has 1 aromatic rings. The predicted molar refractivity (Wildman–Crippen MR) is 57.9 cm³/mol. The first-order valence-corrected chi connectivity index (χ1v) is 5.17. The molecule has 0 amide bonds. The van der Waals surface area contributed by atoms with Crippen LogP contribution in [-0.2, 0) is 6.42 Å². The molecule has 0 saturated carbocycles. The van der Waals surface area contributed by atoms with Crippen molar-refractivity contribution in [2.24, 2.45) is 0 Å². The topological polar surface area (TPSA) is 12.5 Å². The van der Waals surface area contributed by atoms with Crippen LogP contribution < -0.4 is 4.74 Å². The molecule has 0 fully saturated rings. The molecule has 3 heteroatoms. The molecule has 0 radical (unpaired) electrons. The van der Waals surface area contributed by atoms with Crippen molar-refractivity contribution in [1.29, 1.82) is 0 Å². The van der Waals surface area contributed by atoms with Crippen molar-refractivity contribution in [2.75, 3.05) is 20.7 Å². The molecular formula is C11H14ClNO. The minimum Gasteiger partial charge on any atom is -0.497 e. The Balaban J connectivity index is 2.38. The van der Waals surface area contributed by atoms with Crippen molar-refractivity contribution in [3.8, 4) is 5.75 Å². The Kier molecular flexibility index (Phi) is 2.66. The number of alkyl halides is 1. The second-order valence-electron chi connectivity index (χ2n) is 3.63. The van der Waals surface area contributed by atoms with E-state index < -0.39 is 0 Å². The van der Waals surface area contributed by atoms with E-state index in [1.54, 1.807) is 7.11 Å². The number of hydrogen-bond donors (Lipinski definition) is 0. The number of rotatable bonds is 1. The molecule has 0 bridgehead atoms. The van der Waals surface area contributed by atoms with Crippen LogP contribution in [0.25, 0.3) is 0 Å². The average molecular weight is 212 g/mol. The first-order valence-electron chi connectivity index (χ1n) is 4.73. The van der Waals surface area contributed by atoms with E-state index in [2.05, 4.69) is 17.0 Å². The van der Waals surface area contributed by atoms with Crippen LogP contribution in [0.15, 0.2) is 18.2 Å². The van der Waals surface area contributed by atoms with Crippen molar-refractivity contribution in [3.05, 3.63) is 29.3 Å². The van der Waals surface area contributed by atoms with Crippen LogP contribution in [0, 0.1) is 0 Å². The molecule has 0 aromatic heterocycles. The standard InChI is InChI=1S/C11H14ClNO/c1-13-6-5-8-7-9(14-2)3-4-10(8)11(13)12/h3-4,7,11H,5-6H2,1-2H3. The molecular weight excluding hydrogens is 198 g/mol. The molecule has 0 saturated heterocycles. The summed E-state index contributed by atoms with van der Waals surface area (Å²) in [5.74, 6) is 0.914. The zero-order chi connectivity index (χ0) is 10.1. The molecule has 1 heterocycles. The summed E-state index contributed by atoms with van der Waals surface area (Å²) in [6.45, 7) is 1.01. The average Bonchev–Trinajstić information content (AvgIpc) is 2.23. The number of nitrogens with zero attached hydrogens (tertiary/aromatic N) is 1. The van der Waals surface area contributed by atoms with Crippen LogP contribution >= 0.6 is 11.6 Å². The van der Waals surface area contributed by atoms with Gasteiger partial charge in [-0.3, -0.25) is 4.90 Å². The molecule has 0 N–H and O–H groups in total. The number of likely N-dealkylation sites (N-methyl/N-ethyl adjacent to an activating group) is 1. The van der Waals surface area contributed by atoms with E-state index in [0.717, 1.165) is 18.7 Å². The molecule has 76 valence electrons. The second kappa shape index (κ2) is 3.79. The Bertz CT molecular complexity index is 340. The minimum absolute atomic E-state index is 0.00431.